The molecule has 0 spiro atoms. The Bertz CT molecular complexity index is 366. The minimum atomic E-state index is -0.829. The summed E-state index contributed by atoms with van der Waals surface area (Å²) in [5, 5.41) is 8.40. The lowest BCUT2D eigenvalue weighted by atomic mass is 10.2. The first-order valence-corrected chi connectivity index (χ1v) is 5.58. The first kappa shape index (κ1) is 12.0. The van der Waals surface area contributed by atoms with Gasteiger partial charge in [-0.15, -0.1) is 11.8 Å². The summed E-state index contributed by atoms with van der Waals surface area (Å²) < 4.78 is 13.0. The van der Waals surface area contributed by atoms with Gasteiger partial charge in [0.25, 0.3) is 0 Å². The molecule has 0 aliphatic carbocycles. The standard InChI is InChI=1S/C11H13FO2S/c1-3-10(11(13)14)15-8-4-5-9(12)7(2)6-8/h4-6,10H,3H2,1-2H3,(H,13,14). The fourth-order valence-electron chi connectivity index (χ4n) is 1.16. The quantitative estimate of drug-likeness (QED) is 0.805. The molecule has 0 aromatic heterocycles. The van der Waals surface area contributed by atoms with Crippen LogP contribution in [0.4, 0.5) is 4.39 Å². The Morgan fingerprint density at radius 3 is 2.73 bits per heavy atom. The van der Waals surface area contributed by atoms with Gasteiger partial charge in [-0.1, -0.05) is 6.92 Å². The second kappa shape index (κ2) is 5.16. The predicted molar refractivity (Wildman–Crippen MR) is 58.7 cm³/mol. The number of carboxylic acid groups (broad SMARTS) is 1. The van der Waals surface area contributed by atoms with Gasteiger partial charge in [-0.05, 0) is 37.1 Å². The number of rotatable bonds is 4. The van der Waals surface area contributed by atoms with Crippen LogP contribution in [0.3, 0.4) is 0 Å². The van der Waals surface area contributed by atoms with E-state index >= 15 is 0 Å². The fourth-order valence-corrected chi connectivity index (χ4v) is 2.15. The minimum absolute atomic E-state index is 0.261. The SMILES string of the molecule is CCC(Sc1ccc(F)c(C)c1)C(=O)O. The van der Waals surface area contributed by atoms with E-state index < -0.39 is 11.2 Å². The zero-order valence-corrected chi connectivity index (χ0v) is 9.47. The molecule has 4 heteroatoms. The Balaban J connectivity index is 2.80. The maximum atomic E-state index is 13.0. The van der Waals surface area contributed by atoms with Crippen LogP contribution in [-0.4, -0.2) is 16.3 Å². The van der Waals surface area contributed by atoms with Crippen molar-refractivity contribution in [3.05, 3.63) is 29.6 Å². The zero-order valence-electron chi connectivity index (χ0n) is 8.66. The van der Waals surface area contributed by atoms with Crippen LogP contribution in [0.1, 0.15) is 18.9 Å². The number of halogens is 1. The van der Waals surface area contributed by atoms with E-state index in [0.717, 1.165) is 4.90 Å². The number of aliphatic carboxylic acids is 1. The van der Waals surface area contributed by atoms with E-state index in [-0.39, 0.29) is 5.82 Å². The number of hydrogen-bond acceptors (Lipinski definition) is 2. The molecule has 0 amide bonds. The Morgan fingerprint density at radius 2 is 2.27 bits per heavy atom. The van der Waals surface area contributed by atoms with Gasteiger partial charge in [0.1, 0.15) is 11.1 Å². The van der Waals surface area contributed by atoms with E-state index in [2.05, 4.69) is 0 Å². The van der Waals surface area contributed by atoms with Crippen LogP contribution in [0.15, 0.2) is 23.1 Å². The summed E-state index contributed by atoms with van der Waals surface area (Å²) in [5.74, 6) is -1.09. The highest BCUT2D eigenvalue weighted by Crippen LogP contribution is 2.26. The summed E-state index contributed by atoms with van der Waals surface area (Å²) in [6.45, 7) is 3.49. The minimum Gasteiger partial charge on any atom is -0.480 e. The molecule has 1 rings (SSSR count). The van der Waals surface area contributed by atoms with Gasteiger partial charge in [-0.3, -0.25) is 4.79 Å². The summed E-state index contributed by atoms with van der Waals surface area (Å²) in [5.41, 5.74) is 0.542. The van der Waals surface area contributed by atoms with Gasteiger partial charge in [0.05, 0.1) is 0 Å². The number of hydrogen-bond donors (Lipinski definition) is 1. The molecule has 0 bridgehead atoms. The smallest absolute Gasteiger partial charge is 0.316 e. The number of aryl methyl sites for hydroxylation is 1. The van der Waals surface area contributed by atoms with E-state index in [1.165, 1.54) is 17.8 Å². The average Bonchev–Trinajstić information content (AvgIpc) is 2.19. The molecule has 1 unspecified atom stereocenters. The van der Waals surface area contributed by atoms with Crippen molar-refractivity contribution >= 4 is 17.7 Å². The molecule has 2 nitrogen and oxygen atoms in total. The highest BCUT2D eigenvalue weighted by molar-refractivity contribution is 8.00. The molecule has 0 saturated carbocycles. The van der Waals surface area contributed by atoms with E-state index in [4.69, 9.17) is 5.11 Å². The molecule has 0 radical (unpaired) electrons. The second-order valence-corrected chi connectivity index (χ2v) is 4.54. The number of carboxylic acids is 1. The monoisotopic (exact) mass is 228 g/mol. The van der Waals surface area contributed by atoms with Gasteiger partial charge in [0.15, 0.2) is 0 Å². The largest absolute Gasteiger partial charge is 0.480 e. The van der Waals surface area contributed by atoms with E-state index in [0.29, 0.717) is 12.0 Å². The van der Waals surface area contributed by atoms with Gasteiger partial charge in [0.2, 0.25) is 0 Å². The van der Waals surface area contributed by atoms with Crippen LogP contribution in [0.5, 0.6) is 0 Å². The van der Waals surface area contributed by atoms with Crippen LogP contribution in [-0.2, 0) is 4.79 Å². The van der Waals surface area contributed by atoms with Crippen molar-refractivity contribution < 1.29 is 14.3 Å². The van der Waals surface area contributed by atoms with Crippen molar-refractivity contribution in [2.45, 2.75) is 30.4 Å². The fraction of sp³-hybridized carbons (Fsp3) is 0.364. The Morgan fingerprint density at radius 1 is 1.60 bits per heavy atom. The summed E-state index contributed by atoms with van der Waals surface area (Å²) in [4.78, 5) is 11.6. The third kappa shape index (κ3) is 3.23. The van der Waals surface area contributed by atoms with E-state index in [1.807, 2.05) is 6.92 Å². The first-order chi connectivity index (χ1) is 7.04. The molecule has 1 aromatic rings. The lowest BCUT2D eigenvalue weighted by Crippen LogP contribution is -2.14. The Hall–Kier alpha value is -1.03. The molecule has 1 N–H and O–H groups in total. The van der Waals surface area contributed by atoms with Crippen LogP contribution >= 0.6 is 11.8 Å². The summed E-state index contributed by atoms with van der Waals surface area (Å²) in [6, 6.07) is 4.65. The number of carbonyl (C=O) groups is 1. The molecule has 0 fully saturated rings. The molecule has 15 heavy (non-hydrogen) atoms. The molecule has 1 atom stereocenters. The molecule has 0 heterocycles. The van der Waals surface area contributed by atoms with Crippen molar-refractivity contribution in [2.24, 2.45) is 0 Å². The van der Waals surface area contributed by atoms with Crippen molar-refractivity contribution in [1.82, 2.24) is 0 Å². The Kier molecular flexibility index (Phi) is 4.15. The normalized spacial score (nSPS) is 12.5. The zero-order chi connectivity index (χ0) is 11.4. The lowest BCUT2D eigenvalue weighted by molar-refractivity contribution is -0.136. The van der Waals surface area contributed by atoms with Crippen LogP contribution in [0.2, 0.25) is 0 Å². The molecule has 0 aliphatic heterocycles. The van der Waals surface area contributed by atoms with Gasteiger partial charge < -0.3 is 5.11 Å². The summed E-state index contributed by atoms with van der Waals surface area (Å²) in [6.07, 6.45) is 0.552. The van der Waals surface area contributed by atoms with Gasteiger partial charge in [-0.2, -0.15) is 0 Å². The van der Waals surface area contributed by atoms with Crippen LogP contribution in [0.25, 0.3) is 0 Å². The molecule has 82 valence electrons. The van der Waals surface area contributed by atoms with Crippen molar-refractivity contribution in [1.29, 1.82) is 0 Å². The first-order valence-electron chi connectivity index (χ1n) is 4.70. The third-order valence-electron chi connectivity index (χ3n) is 2.05. The van der Waals surface area contributed by atoms with E-state index in [9.17, 15) is 9.18 Å². The molecular weight excluding hydrogens is 215 g/mol. The molecule has 0 aliphatic rings. The van der Waals surface area contributed by atoms with E-state index in [1.54, 1.807) is 19.1 Å². The molecule has 1 aromatic carbocycles. The van der Waals surface area contributed by atoms with Gasteiger partial charge >= 0.3 is 5.97 Å². The number of thioether (sulfide) groups is 1. The van der Waals surface area contributed by atoms with Crippen LogP contribution in [0, 0.1) is 12.7 Å². The maximum absolute atomic E-state index is 13.0. The highest BCUT2D eigenvalue weighted by Gasteiger charge is 2.16. The lowest BCUT2D eigenvalue weighted by Gasteiger charge is -2.09. The summed E-state index contributed by atoms with van der Waals surface area (Å²) in [7, 11) is 0. The average molecular weight is 228 g/mol. The highest BCUT2D eigenvalue weighted by atomic mass is 32.2. The van der Waals surface area contributed by atoms with Gasteiger partial charge in [0, 0.05) is 4.90 Å². The molecule has 0 saturated heterocycles. The topological polar surface area (TPSA) is 37.3 Å². The number of benzene rings is 1. The van der Waals surface area contributed by atoms with Crippen molar-refractivity contribution in [3.63, 3.8) is 0 Å². The van der Waals surface area contributed by atoms with Crippen molar-refractivity contribution in [2.75, 3.05) is 0 Å². The predicted octanol–water partition coefficient (Wildman–Crippen LogP) is 3.09. The Labute approximate surface area is 92.5 Å². The second-order valence-electron chi connectivity index (χ2n) is 3.26. The van der Waals surface area contributed by atoms with Crippen molar-refractivity contribution in [3.8, 4) is 0 Å². The van der Waals surface area contributed by atoms with Gasteiger partial charge in [-0.25, -0.2) is 4.39 Å². The molecular formula is C11H13FO2S. The third-order valence-corrected chi connectivity index (χ3v) is 3.40. The maximum Gasteiger partial charge on any atom is 0.316 e. The summed E-state index contributed by atoms with van der Waals surface area (Å²) >= 11 is 1.25. The van der Waals surface area contributed by atoms with Crippen LogP contribution < -0.4 is 0 Å².